The zero-order valence-corrected chi connectivity index (χ0v) is 17.8. The number of quaternary nitrogens is 2. The van der Waals surface area contributed by atoms with E-state index in [4.69, 9.17) is 9.84 Å². The summed E-state index contributed by atoms with van der Waals surface area (Å²) in [5, 5.41) is 7.23. The first-order valence-corrected chi connectivity index (χ1v) is 11.1. The quantitative estimate of drug-likeness (QED) is 0.766. The van der Waals surface area contributed by atoms with Gasteiger partial charge in [0.15, 0.2) is 0 Å². The fraction of sp³-hybridized carbons (Fsp3) is 0.609. The average molecular weight is 403 g/mol. The average Bonchev–Trinajstić information content (AvgIpc) is 3.04. The largest absolute Gasteiger partial charge is 0.370 e. The summed E-state index contributed by atoms with van der Waals surface area (Å²) in [6, 6.07) is 6.58. The third kappa shape index (κ3) is 4.39. The summed E-state index contributed by atoms with van der Waals surface area (Å²) in [6.07, 6.45) is 6.78. The van der Waals surface area contributed by atoms with Gasteiger partial charge in [0.25, 0.3) is 0 Å². The normalized spacial score (nSPS) is 20.1. The predicted octanol–water partition coefficient (Wildman–Crippen LogP) is 1.31. The zero-order chi connectivity index (χ0) is 20.3. The topological polar surface area (TPSA) is 48.1 Å². The van der Waals surface area contributed by atoms with Crippen LogP contribution in [0.1, 0.15) is 49.1 Å². The molecule has 0 unspecified atom stereocenters. The van der Waals surface area contributed by atoms with Gasteiger partial charge in [0, 0.05) is 12.8 Å². The van der Waals surface area contributed by atoms with Gasteiger partial charge < -0.3 is 15.0 Å². The van der Waals surface area contributed by atoms with Crippen LogP contribution in [0.25, 0.3) is 5.69 Å². The zero-order valence-electron chi connectivity index (χ0n) is 17.8. The molecular weight excluding hydrogens is 367 g/mol. The first-order chi connectivity index (χ1) is 14.1. The Morgan fingerprint density at radius 1 is 1.10 bits per heavy atom. The van der Waals surface area contributed by atoms with Crippen LogP contribution in [0.4, 0.5) is 4.39 Å². The van der Waals surface area contributed by atoms with Crippen molar-refractivity contribution in [2.75, 3.05) is 32.8 Å². The fourth-order valence-electron chi connectivity index (χ4n) is 5.38. The molecular formula is C23H35FN4O+2. The molecule has 0 atom stereocenters. The van der Waals surface area contributed by atoms with Gasteiger partial charge in [-0.15, -0.1) is 0 Å². The summed E-state index contributed by atoms with van der Waals surface area (Å²) in [5.74, 6) is -0.216. The lowest BCUT2D eigenvalue weighted by molar-refractivity contribution is -0.975. The molecule has 1 saturated heterocycles. The first-order valence-electron chi connectivity index (χ1n) is 11.1. The van der Waals surface area contributed by atoms with Gasteiger partial charge in [0.2, 0.25) is 0 Å². The smallest absolute Gasteiger partial charge is 0.147 e. The van der Waals surface area contributed by atoms with Gasteiger partial charge in [0.05, 0.1) is 35.9 Å². The monoisotopic (exact) mass is 402 g/mol. The molecule has 2 heterocycles. The number of hydrogen-bond acceptors (Lipinski definition) is 2. The van der Waals surface area contributed by atoms with Crippen LogP contribution >= 0.6 is 0 Å². The van der Waals surface area contributed by atoms with Crippen LogP contribution in [0, 0.1) is 19.7 Å². The van der Waals surface area contributed by atoms with Crippen molar-refractivity contribution in [3.63, 3.8) is 0 Å². The Balaban J connectivity index is 1.46. The van der Waals surface area contributed by atoms with Gasteiger partial charge in [-0.2, -0.15) is 5.10 Å². The van der Waals surface area contributed by atoms with E-state index in [1.165, 1.54) is 56.3 Å². The van der Waals surface area contributed by atoms with Crippen molar-refractivity contribution in [2.45, 2.75) is 58.0 Å². The van der Waals surface area contributed by atoms with Crippen molar-refractivity contribution in [1.82, 2.24) is 9.78 Å². The van der Waals surface area contributed by atoms with Crippen molar-refractivity contribution >= 4 is 0 Å². The molecule has 1 aliphatic heterocycles. The highest BCUT2D eigenvalue weighted by atomic mass is 19.1. The fourth-order valence-corrected chi connectivity index (χ4v) is 5.38. The highest BCUT2D eigenvalue weighted by Crippen LogP contribution is 2.25. The van der Waals surface area contributed by atoms with Crippen LogP contribution in [0.15, 0.2) is 24.3 Å². The number of nitrogens with one attached hydrogen (secondary N) is 1. The van der Waals surface area contributed by atoms with E-state index in [0.29, 0.717) is 5.54 Å². The van der Waals surface area contributed by atoms with Crippen LogP contribution in [0.5, 0.6) is 0 Å². The van der Waals surface area contributed by atoms with Gasteiger partial charge in [-0.05, 0) is 51.0 Å². The second-order valence-electron chi connectivity index (χ2n) is 8.79. The molecule has 4 rings (SSSR count). The highest BCUT2D eigenvalue weighted by molar-refractivity contribution is 5.36. The SMILES string of the molecule is Cc1nn(-c2ccc(F)cc2)c(C)c1C[NH2+]CC1([NH+]2CCOCC2)CCCCC1. The minimum Gasteiger partial charge on any atom is -0.370 e. The van der Waals surface area contributed by atoms with E-state index in [2.05, 4.69) is 19.2 Å². The Hall–Kier alpha value is -1.76. The lowest BCUT2D eigenvalue weighted by Gasteiger charge is -2.43. The van der Waals surface area contributed by atoms with E-state index >= 15 is 0 Å². The Bertz CT molecular complexity index is 805. The molecule has 0 radical (unpaired) electrons. The second-order valence-corrected chi connectivity index (χ2v) is 8.79. The molecule has 2 aliphatic rings. The number of nitrogens with two attached hydrogens (primary N) is 1. The minimum absolute atomic E-state index is 0.216. The van der Waals surface area contributed by atoms with E-state index in [1.54, 1.807) is 17.0 Å². The van der Waals surface area contributed by atoms with Crippen LogP contribution in [-0.4, -0.2) is 48.2 Å². The van der Waals surface area contributed by atoms with Gasteiger partial charge >= 0.3 is 0 Å². The maximum Gasteiger partial charge on any atom is 0.147 e. The highest BCUT2D eigenvalue weighted by Gasteiger charge is 2.44. The molecule has 0 amide bonds. The van der Waals surface area contributed by atoms with E-state index in [0.717, 1.165) is 49.9 Å². The summed E-state index contributed by atoms with van der Waals surface area (Å²) < 4.78 is 20.8. The molecule has 2 fully saturated rings. The third-order valence-electron chi connectivity index (χ3n) is 7.05. The Kier molecular flexibility index (Phi) is 6.32. The molecule has 1 aromatic heterocycles. The van der Waals surface area contributed by atoms with Crippen molar-refractivity contribution in [2.24, 2.45) is 0 Å². The lowest BCUT2D eigenvalue weighted by Crippen LogP contribution is -3.24. The number of aryl methyl sites for hydroxylation is 1. The van der Waals surface area contributed by atoms with E-state index in [1.807, 2.05) is 4.68 Å². The summed E-state index contributed by atoms with van der Waals surface area (Å²) in [4.78, 5) is 1.76. The van der Waals surface area contributed by atoms with E-state index < -0.39 is 0 Å². The molecule has 1 aromatic carbocycles. The summed E-state index contributed by atoms with van der Waals surface area (Å²) >= 11 is 0. The number of ether oxygens (including phenoxy) is 1. The molecule has 29 heavy (non-hydrogen) atoms. The molecule has 158 valence electrons. The molecule has 3 N–H and O–H groups in total. The summed E-state index contributed by atoms with van der Waals surface area (Å²) in [5.41, 5.74) is 4.84. The Morgan fingerprint density at radius 3 is 2.48 bits per heavy atom. The molecule has 0 spiro atoms. The number of halogens is 1. The third-order valence-corrected chi connectivity index (χ3v) is 7.05. The number of nitrogens with zero attached hydrogens (tertiary/aromatic N) is 2. The molecule has 0 bridgehead atoms. The standard InChI is InChI=1S/C23H33FN4O/c1-18-22(19(2)28(26-18)21-8-6-20(24)7-9-21)16-25-17-23(10-4-3-5-11-23)27-12-14-29-15-13-27/h6-9,25H,3-5,10-17H2,1-2H3/p+2. The summed E-state index contributed by atoms with van der Waals surface area (Å²) in [7, 11) is 0. The minimum atomic E-state index is -0.216. The number of aromatic nitrogens is 2. The number of hydrogen-bond donors (Lipinski definition) is 2. The van der Waals surface area contributed by atoms with Crippen molar-refractivity contribution in [3.05, 3.63) is 47.0 Å². The molecule has 1 aliphatic carbocycles. The maximum absolute atomic E-state index is 13.3. The molecule has 2 aromatic rings. The van der Waals surface area contributed by atoms with Gasteiger partial charge in [0.1, 0.15) is 37.5 Å². The molecule has 6 heteroatoms. The van der Waals surface area contributed by atoms with Crippen molar-refractivity contribution in [3.8, 4) is 5.69 Å². The van der Waals surface area contributed by atoms with E-state index in [9.17, 15) is 4.39 Å². The number of rotatable bonds is 6. The lowest BCUT2D eigenvalue weighted by atomic mass is 9.79. The van der Waals surface area contributed by atoms with Crippen LogP contribution < -0.4 is 10.2 Å². The second kappa shape index (κ2) is 8.94. The van der Waals surface area contributed by atoms with Gasteiger partial charge in [-0.3, -0.25) is 0 Å². The molecule has 1 saturated carbocycles. The predicted molar refractivity (Wildman–Crippen MR) is 111 cm³/mol. The Morgan fingerprint density at radius 2 is 1.79 bits per heavy atom. The Labute approximate surface area is 173 Å². The summed E-state index contributed by atoms with van der Waals surface area (Å²) in [6.45, 7) is 10.4. The van der Waals surface area contributed by atoms with Crippen molar-refractivity contribution < 1.29 is 19.3 Å². The van der Waals surface area contributed by atoms with Crippen LogP contribution in [0.3, 0.4) is 0 Å². The number of benzene rings is 1. The maximum atomic E-state index is 13.3. The number of morpholine rings is 1. The molecule has 5 nitrogen and oxygen atoms in total. The van der Waals surface area contributed by atoms with Crippen molar-refractivity contribution in [1.29, 1.82) is 0 Å². The van der Waals surface area contributed by atoms with E-state index in [-0.39, 0.29) is 5.82 Å². The van der Waals surface area contributed by atoms with Crippen LogP contribution in [0.2, 0.25) is 0 Å². The van der Waals surface area contributed by atoms with Gasteiger partial charge in [-0.1, -0.05) is 6.42 Å². The van der Waals surface area contributed by atoms with Gasteiger partial charge in [-0.25, -0.2) is 9.07 Å². The van der Waals surface area contributed by atoms with Crippen LogP contribution in [-0.2, 0) is 11.3 Å². The first kappa shape index (κ1) is 20.5.